The Hall–Kier alpha value is -3.46. The first-order chi connectivity index (χ1) is 14.3. The van der Waals surface area contributed by atoms with Crippen molar-refractivity contribution in [3.05, 3.63) is 63.7 Å². The van der Waals surface area contributed by atoms with Gasteiger partial charge < -0.3 is 20.1 Å². The first kappa shape index (κ1) is 22.8. The summed E-state index contributed by atoms with van der Waals surface area (Å²) in [4.78, 5) is 35.0. The second kappa shape index (κ2) is 10.9. The summed E-state index contributed by atoms with van der Waals surface area (Å²) < 4.78 is 10.0. The fourth-order valence-corrected chi connectivity index (χ4v) is 2.61. The zero-order chi connectivity index (χ0) is 22.1. The zero-order valence-electron chi connectivity index (χ0n) is 17.1. The van der Waals surface area contributed by atoms with Crippen LogP contribution in [0.3, 0.4) is 0 Å². The maximum atomic E-state index is 12.5. The molecule has 160 valence electrons. The van der Waals surface area contributed by atoms with Crippen molar-refractivity contribution in [1.82, 2.24) is 0 Å². The lowest BCUT2D eigenvalue weighted by molar-refractivity contribution is -0.384. The van der Waals surface area contributed by atoms with Crippen LogP contribution in [0.25, 0.3) is 0 Å². The Morgan fingerprint density at radius 2 is 1.83 bits per heavy atom. The van der Waals surface area contributed by atoms with Crippen molar-refractivity contribution in [2.45, 2.75) is 19.8 Å². The van der Waals surface area contributed by atoms with E-state index in [9.17, 15) is 19.7 Å². The number of carbonyl (C=O) groups is 2. The van der Waals surface area contributed by atoms with Crippen molar-refractivity contribution in [1.29, 1.82) is 0 Å². The minimum absolute atomic E-state index is 0.0330. The number of esters is 1. The van der Waals surface area contributed by atoms with Crippen molar-refractivity contribution < 1.29 is 24.0 Å². The standard InChI is InChI=1S/C21H25N3O6/c1-14(2)15-4-6-16(7-5-15)23-20(25)13-30-21(26)18-12-17(24(27)28)8-9-19(18)22-10-11-29-3/h4-9,12,14,22H,10-11,13H2,1-3H3,(H,23,25). The minimum atomic E-state index is -0.844. The van der Waals surface area contributed by atoms with E-state index in [0.717, 1.165) is 11.6 Å². The predicted molar refractivity (Wildman–Crippen MR) is 113 cm³/mol. The Labute approximate surface area is 174 Å². The number of nitro groups is 1. The summed E-state index contributed by atoms with van der Waals surface area (Å²) in [6.45, 7) is 4.38. The van der Waals surface area contributed by atoms with Gasteiger partial charge in [-0.05, 0) is 29.7 Å². The van der Waals surface area contributed by atoms with Gasteiger partial charge in [0.15, 0.2) is 6.61 Å². The first-order valence-electron chi connectivity index (χ1n) is 9.40. The lowest BCUT2D eigenvalue weighted by Crippen LogP contribution is -2.21. The Bertz CT molecular complexity index is 896. The maximum Gasteiger partial charge on any atom is 0.341 e. The molecule has 0 heterocycles. The van der Waals surface area contributed by atoms with E-state index in [1.807, 2.05) is 12.1 Å². The SMILES string of the molecule is COCCNc1ccc([N+](=O)[O-])cc1C(=O)OCC(=O)Nc1ccc(C(C)C)cc1. The van der Waals surface area contributed by atoms with Crippen molar-refractivity contribution in [3.63, 3.8) is 0 Å². The molecule has 0 unspecified atom stereocenters. The molecule has 0 aromatic heterocycles. The number of benzene rings is 2. The van der Waals surface area contributed by atoms with Gasteiger partial charge in [-0.3, -0.25) is 14.9 Å². The Morgan fingerprint density at radius 3 is 2.43 bits per heavy atom. The molecule has 0 aliphatic carbocycles. The molecule has 2 rings (SSSR count). The lowest BCUT2D eigenvalue weighted by Gasteiger charge is -2.12. The van der Waals surface area contributed by atoms with Crippen LogP contribution >= 0.6 is 0 Å². The van der Waals surface area contributed by atoms with Gasteiger partial charge >= 0.3 is 5.97 Å². The minimum Gasteiger partial charge on any atom is -0.452 e. The molecule has 2 aromatic rings. The molecule has 1 amide bonds. The summed E-state index contributed by atoms with van der Waals surface area (Å²) in [6, 6.07) is 11.2. The molecule has 0 saturated heterocycles. The average molecular weight is 415 g/mol. The molecule has 9 nitrogen and oxygen atoms in total. The number of hydrogen-bond acceptors (Lipinski definition) is 7. The molecule has 0 fully saturated rings. The van der Waals surface area contributed by atoms with Crippen LogP contribution in [-0.4, -0.2) is 43.7 Å². The zero-order valence-corrected chi connectivity index (χ0v) is 17.1. The van der Waals surface area contributed by atoms with Gasteiger partial charge in [0.2, 0.25) is 0 Å². The van der Waals surface area contributed by atoms with Gasteiger partial charge in [-0.15, -0.1) is 0 Å². The van der Waals surface area contributed by atoms with Crippen molar-refractivity contribution in [2.75, 3.05) is 37.5 Å². The molecule has 2 aromatic carbocycles. The third-order valence-electron chi connectivity index (χ3n) is 4.25. The van der Waals surface area contributed by atoms with Crippen LogP contribution in [0, 0.1) is 10.1 Å². The second-order valence-electron chi connectivity index (χ2n) is 6.81. The van der Waals surface area contributed by atoms with E-state index in [1.165, 1.54) is 19.2 Å². The van der Waals surface area contributed by atoms with E-state index in [-0.39, 0.29) is 11.3 Å². The molecule has 9 heteroatoms. The highest BCUT2D eigenvalue weighted by Crippen LogP contribution is 2.23. The monoisotopic (exact) mass is 415 g/mol. The number of ether oxygens (including phenoxy) is 2. The molecule has 0 radical (unpaired) electrons. The Balaban J connectivity index is 2.02. The molecular formula is C21H25N3O6. The van der Waals surface area contributed by atoms with Gasteiger partial charge in [0.25, 0.3) is 11.6 Å². The Kier molecular flexibility index (Phi) is 8.30. The number of anilines is 2. The van der Waals surface area contributed by atoms with E-state index >= 15 is 0 Å². The van der Waals surface area contributed by atoms with E-state index in [2.05, 4.69) is 24.5 Å². The third kappa shape index (κ3) is 6.56. The quantitative estimate of drug-likeness (QED) is 0.263. The van der Waals surface area contributed by atoms with Gasteiger partial charge in [-0.2, -0.15) is 0 Å². The number of nitrogens with one attached hydrogen (secondary N) is 2. The summed E-state index contributed by atoms with van der Waals surface area (Å²) in [5.41, 5.74) is 1.78. The summed E-state index contributed by atoms with van der Waals surface area (Å²) in [7, 11) is 1.53. The third-order valence-corrected chi connectivity index (χ3v) is 4.25. The van der Waals surface area contributed by atoms with Crippen LogP contribution < -0.4 is 10.6 Å². The number of rotatable bonds is 10. The van der Waals surface area contributed by atoms with Gasteiger partial charge in [0.1, 0.15) is 0 Å². The molecule has 2 N–H and O–H groups in total. The Morgan fingerprint density at radius 1 is 1.13 bits per heavy atom. The predicted octanol–water partition coefficient (Wildman–Crippen LogP) is 3.57. The fourth-order valence-electron chi connectivity index (χ4n) is 2.61. The summed E-state index contributed by atoms with van der Waals surface area (Å²) in [5.74, 6) is -0.985. The summed E-state index contributed by atoms with van der Waals surface area (Å²) >= 11 is 0. The highest BCUT2D eigenvalue weighted by molar-refractivity contribution is 5.99. The highest BCUT2D eigenvalue weighted by Gasteiger charge is 2.19. The number of carbonyl (C=O) groups excluding carboxylic acids is 2. The number of non-ortho nitro benzene ring substituents is 1. The second-order valence-corrected chi connectivity index (χ2v) is 6.81. The normalized spacial score (nSPS) is 10.5. The van der Waals surface area contributed by atoms with Crippen molar-refractivity contribution >= 4 is 28.9 Å². The largest absolute Gasteiger partial charge is 0.452 e. The van der Waals surface area contributed by atoms with Crippen LogP contribution in [0.1, 0.15) is 35.7 Å². The smallest absolute Gasteiger partial charge is 0.341 e. The molecule has 0 saturated carbocycles. The number of nitrogens with zero attached hydrogens (tertiary/aromatic N) is 1. The molecule has 0 aliphatic rings. The van der Waals surface area contributed by atoms with E-state index in [1.54, 1.807) is 12.1 Å². The average Bonchev–Trinajstić information content (AvgIpc) is 2.72. The van der Waals surface area contributed by atoms with Crippen LogP contribution in [0.5, 0.6) is 0 Å². The summed E-state index contributed by atoms with van der Waals surface area (Å²) in [5, 5.41) is 16.6. The molecule has 0 aliphatic heterocycles. The van der Waals surface area contributed by atoms with Gasteiger partial charge in [0, 0.05) is 37.2 Å². The molecule has 30 heavy (non-hydrogen) atoms. The lowest BCUT2D eigenvalue weighted by atomic mass is 10.0. The maximum absolute atomic E-state index is 12.5. The van der Waals surface area contributed by atoms with Crippen LogP contribution in [0.2, 0.25) is 0 Å². The number of nitro benzene ring substituents is 1. The van der Waals surface area contributed by atoms with E-state index in [4.69, 9.17) is 9.47 Å². The molecule has 0 spiro atoms. The van der Waals surface area contributed by atoms with Crippen LogP contribution in [0.15, 0.2) is 42.5 Å². The van der Waals surface area contributed by atoms with Crippen molar-refractivity contribution in [3.8, 4) is 0 Å². The molecule has 0 atom stereocenters. The van der Waals surface area contributed by atoms with Crippen LogP contribution in [-0.2, 0) is 14.3 Å². The van der Waals surface area contributed by atoms with Gasteiger partial charge in [-0.25, -0.2) is 4.79 Å². The topological polar surface area (TPSA) is 120 Å². The highest BCUT2D eigenvalue weighted by atomic mass is 16.6. The van der Waals surface area contributed by atoms with E-state index in [0.29, 0.717) is 30.4 Å². The number of amides is 1. The summed E-state index contributed by atoms with van der Waals surface area (Å²) in [6.07, 6.45) is 0. The van der Waals surface area contributed by atoms with E-state index < -0.39 is 23.4 Å². The van der Waals surface area contributed by atoms with Gasteiger partial charge in [0.05, 0.1) is 17.1 Å². The first-order valence-corrected chi connectivity index (χ1v) is 9.40. The number of methoxy groups -OCH3 is 1. The van der Waals surface area contributed by atoms with Gasteiger partial charge in [-0.1, -0.05) is 26.0 Å². The van der Waals surface area contributed by atoms with Crippen LogP contribution in [0.4, 0.5) is 17.1 Å². The van der Waals surface area contributed by atoms with Crippen molar-refractivity contribution in [2.24, 2.45) is 0 Å². The molecule has 0 bridgehead atoms. The molecular weight excluding hydrogens is 390 g/mol. The number of hydrogen-bond donors (Lipinski definition) is 2. The fraction of sp³-hybridized carbons (Fsp3) is 0.333.